The molecule has 2 aliphatic rings. The third-order valence-corrected chi connectivity index (χ3v) is 3.77. The highest BCUT2D eigenvalue weighted by atomic mass is 14.5. The Morgan fingerprint density at radius 2 is 1.64 bits per heavy atom. The molecule has 0 radical (unpaired) electrons. The van der Waals surface area contributed by atoms with Crippen LogP contribution in [0.25, 0.3) is 0 Å². The van der Waals surface area contributed by atoms with Crippen molar-refractivity contribution in [3.63, 3.8) is 0 Å². The summed E-state index contributed by atoms with van der Waals surface area (Å²) in [5.41, 5.74) is 5.61. The Labute approximate surface area is 69.4 Å². The van der Waals surface area contributed by atoms with E-state index in [1.54, 1.807) is 0 Å². The Hall–Kier alpha value is -0.0400. The molecule has 1 nitrogen and oxygen atoms in total. The second kappa shape index (κ2) is 3.14. The fraction of sp³-hybridized carbons (Fsp3) is 1.00. The van der Waals surface area contributed by atoms with E-state index in [0.717, 1.165) is 24.3 Å². The van der Waals surface area contributed by atoms with Crippen molar-refractivity contribution in [2.45, 2.75) is 38.5 Å². The molecule has 0 spiro atoms. The molecule has 2 atom stereocenters. The fourth-order valence-corrected chi connectivity index (χ4v) is 3.26. The average molecular weight is 153 g/mol. The van der Waals surface area contributed by atoms with E-state index in [9.17, 15) is 0 Å². The molecule has 11 heavy (non-hydrogen) atoms. The standard InChI is InChI=1S/C10H19N/c11-7-6-10-8-2-1-3-9(10)5-4-8/h8-10H,1-7,11H2. The predicted octanol–water partition coefficient (Wildman–Crippen LogP) is 2.16. The Bertz CT molecular complexity index is 117. The Kier molecular flexibility index (Phi) is 2.17. The zero-order chi connectivity index (χ0) is 7.68. The summed E-state index contributed by atoms with van der Waals surface area (Å²) < 4.78 is 0. The zero-order valence-corrected chi connectivity index (χ0v) is 7.26. The summed E-state index contributed by atoms with van der Waals surface area (Å²) in [6, 6.07) is 0. The van der Waals surface area contributed by atoms with Crippen molar-refractivity contribution in [1.29, 1.82) is 0 Å². The smallest absolute Gasteiger partial charge is 0.00744 e. The van der Waals surface area contributed by atoms with Crippen molar-refractivity contribution >= 4 is 0 Å². The molecule has 2 unspecified atom stereocenters. The van der Waals surface area contributed by atoms with Crippen LogP contribution in [0.15, 0.2) is 0 Å². The third-order valence-electron chi connectivity index (χ3n) is 3.77. The molecule has 0 saturated heterocycles. The molecule has 0 aromatic heterocycles. The number of nitrogens with two attached hydrogens (primary N) is 1. The van der Waals surface area contributed by atoms with Crippen LogP contribution in [0.3, 0.4) is 0 Å². The van der Waals surface area contributed by atoms with Gasteiger partial charge in [-0.05, 0) is 43.6 Å². The maximum Gasteiger partial charge on any atom is -0.00744 e. The predicted molar refractivity (Wildman–Crippen MR) is 47.2 cm³/mol. The monoisotopic (exact) mass is 153 g/mol. The molecular weight excluding hydrogens is 134 g/mol. The molecule has 0 amide bonds. The first kappa shape index (κ1) is 7.60. The lowest BCUT2D eigenvalue weighted by Crippen LogP contribution is -2.22. The van der Waals surface area contributed by atoms with E-state index in [2.05, 4.69) is 0 Å². The maximum absolute atomic E-state index is 5.61. The van der Waals surface area contributed by atoms with Gasteiger partial charge in [0.2, 0.25) is 0 Å². The largest absolute Gasteiger partial charge is 0.330 e. The Morgan fingerprint density at radius 3 is 2.18 bits per heavy atom. The van der Waals surface area contributed by atoms with Crippen molar-refractivity contribution < 1.29 is 0 Å². The van der Waals surface area contributed by atoms with E-state index in [1.165, 1.54) is 38.5 Å². The molecular formula is C10H19N. The third kappa shape index (κ3) is 1.31. The highest BCUT2D eigenvalue weighted by molar-refractivity contribution is 4.88. The first-order valence-corrected chi connectivity index (χ1v) is 5.12. The quantitative estimate of drug-likeness (QED) is 0.646. The molecule has 1 heteroatoms. The van der Waals surface area contributed by atoms with Gasteiger partial charge in [-0.15, -0.1) is 0 Å². The van der Waals surface area contributed by atoms with Crippen LogP contribution in [-0.2, 0) is 0 Å². The van der Waals surface area contributed by atoms with Gasteiger partial charge in [0.1, 0.15) is 0 Å². The van der Waals surface area contributed by atoms with Gasteiger partial charge in [0, 0.05) is 0 Å². The topological polar surface area (TPSA) is 26.0 Å². The van der Waals surface area contributed by atoms with E-state index < -0.39 is 0 Å². The summed E-state index contributed by atoms with van der Waals surface area (Å²) in [4.78, 5) is 0. The zero-order valence-electron chi connectivity index (χ0n) is 7.26. The minimum atomic E-state index is 0.914. The van der Waals surface area contributed by atoms with Crippen LogP contribution >= 0.6 is 0 Å². The fourth-order valence-electron chi connectivity index (χ4n) is 3.26. The van der Waals surface area contributed by atoms with Gasteiger partial charge in [-0.1, -0.05) is 19.3 Å². The summed E-state index contributed by atoms with van der Waals surface area (Å²) in [5, 5.41) is 0. The lowest BCUT2D eigenvalue weighted by Gasteiger charge is -2.29. The van der Waals surface area contributed by atoms with Crippen molar-refractivity contribution in [2.75, 3.05) is 6.54 Å². The van der Waals surface area contributed by atoms with Gasteiger partial charge in [0.25, 0.3) is 0 Å². The molecule has 2 aliphatic carbocycles. The number of fused-ring (bicyclic) bond motifs is 2. The lowest BCUT2D eigenvalue weighted by molar-refractivity contribution is 0.218. The molecule has 0 heterocycles. The van der Waals surface area contributed by atoms with Crippen molar-refractivity contribution in [3.8, 4) is 0 Å². The Balaban J connectivity index is 1.97. The van der Waals surface area contributed by atoms with Crippen molar-refractivity contribution in [1.82, 2.24) is 0 Å². The molecule has 2 rings (SSSR count). The van der Waals surface area contributed by atoms with Crippen LogP contribution in [0.5, 0.6) is 0 Å². The van der Waals surface area contributed by atoms with E-state index in [1.807, 2.05) is 0 Å². The van der Waals surface area contributed by atoms with E-state index in [0.29, 0.717) is 0 Å². The molecule has 64 valence electrons. The van der Waals surface area contributed by atoms with Gasteiger partial charge >= 0.3 is 0 Å². The van der Waals surface area contributed by atoms with Crippen LogP contribution in [0, 0.1) is 17.8 Å². The van der Waals surface area contributed by atoms with Crippen LogP contribution in [0.1, 0.15) is 38.5 Å². The molecule has 0 aromatic rings. The van der Waals surface area contributed by atoms with E-state index >= 15 is 0 Å². The van der Waals surface area contributed by atoms with Crippen molar-refractivity contribution in [3.05, 3.63) is 0 Å². The molecule has 2 saturated carbocycles. The number of hydrogen-bond acceptors (Lipinski definition) is 1. The van der Waals surface area contributed by atoms with Gasteiger partial charge in [-0.25, -0.2) is 0 Å². The second-order valence-electron chi connectivity index (χ2n) is 4.27. The van der Waals surface area contributed by atoms with Gasteiger partial charge < -0.3 is 5.73 Å². The van der Waals surface area contributed by atoms with Crippen molar-refractivity contribution in [2.24, 2.45) is 23.5 Å². The highest BCUT2D eigenvalue weighted by Gasteiger charge is 2.37. The molecule has 2 fully saturated rings. The summed E-state index contributed by atoms with van der Waals surface area (Å²) in [6.45, 7) is 0.914. The van der Waals surface area contributed by atoms with E-state index in [4.69, 9.17) is 5.73 Å². The molecule has 2 bridgehead atoms. The van der Waals surface area contributed by atoms with E-state index in [-0.39, 0.29) is 0 Å². The molecule has 0 aliphatic heterocycles. The first-order valence-electron chi connectivity index (χ1n) is 5.12. The van der Waals surface area contributed by atoms with Crippen LogP contribution in [-0.4, -0.2) is 6.54 Å². The SMILES string of the molecule is NCCC1C2CCCC1CC2. The van der Waals surface area contributed by atoms with Gasteiger partial charge in [0.15, 0.2) is 0 Å². The maximum atomic E-state index is 5.61. The average Bonchev–Trinajstić information content (AvgIpc) is 2.30. The molecule has 2 N–H and O–H groups in total. The number of rotatable bonds is 2. The summed E-state index contributed by atoms with van der Waals surface area (Å²) in [6.07, 6.45) is 8.82. The minimum absolute atomic E-state index is 0.914. The lowest BCUT2D eigenvalue weighted by atomic mass is 9.77. The minimum Gasteiger partial charge on any atom is -0.330 e. The van der Waals surface area contributed by atoms with Gasteiger partial charge in [-0.2, -0.15) is 0 Å². The normalized spacial score (nSPS) is 42.8. The Morgan fingerprint density at radius 1 is 1.00 bits per heavy atom. The van der Waals surface area contributed by atoms with Gasteiger partial charge in [-0.3, -0.25) is 0 Å². The summed E-state index contributed by atoms with van der Waals surface area (Å²) >= 11 is 0. The van der Waals surface area contributed by atoms with Gasteiger partial charge in [0.05, 0.1) is 0 Å². The second-order valence-corrected chi connectivity index (χ2v) is 4.27. The number of hydrogen-bond donors (Lipinski definition) is 1. The summed E-state index contributed by atoms with van der Waals surface area (Å²) in [5.74, 6) is 3.16. The van der Waals surface area contributed by atoms with Crippen LogP contribution in [0.2, 0.25) is 0 Å². The summed E-state index contributed by atoms with van der Waals surface area (Å²) in [7, 11) is 0. The molecule has 0 aromatic carbocycles. The highest BCUT2D eigenvalue weighted by Crippen LogP contribution is 2.47. The first-order chi connectivity index (χ1) is 5.42. The van der Waals surface area contributed by atoms with Crippen LogP contribution in [0.4, 0.5) is 0 Å². The van der Waals surface area contributed by atoms with Crippen LogP contribution < -0.4 is 5.73 Å².